The molecule has 0 amide bonds. The molecule has 1 aromatic carbocycles. The van der Waals surface area contributed by atoms with Crippen molar-refractivity contribution < 1.29 is 4.74 Å². The summed E-state index contributed by atoms with van der Waals surface area (Å²) in [6.45, 7) is 4.66. The fraction of sp³-hybridized carbons (Fsp3) is 0.600. The van der Waals surface area contributed by atoms with E-state index in [-0.39, 0.29) is 6.04 Å². The maximum absolute atomic E-state index is 6.52. The zero-order valence-corrected chi connectivity index (χ0v) is 13.0. The summed E-state index contributed by atoms with van der Waals surface area (Å²) in [6, 6.07) is 6.13. The Morgan fingerprint density at radius 2 is 2.17 bits per heavy atom. The number of benzene rings is 1. The van der Waals surface area contributed by atoms with Gasteiger partial charge in [-0.15, -0.1) is 0 Å². The standard InChI is InChI=1S/C15H22BrNO/c1-15(2)8-4-5-12(15)14(17)11-9-10(16)6-7-13(11)18-3/h6-7,9,12,14H,4-5,8,17H2,1-3H3. The first kappa shape index (κ1) is 13.9. The van der Waals surface area contributed by atoms with Crippen molar-refractivity contribution >= 4 is 15.9 Å². The quantitative estimate of drug-likeness (QED) is 0.904. The second-order valence-corrected chi connectivity index (χ2v) is 6.82. The third-order valence-electron chi connectivity index (χ3n) is 4.32. The molecule has 2 rings (SSSR count). The van der Waals surface area contributed by atoms with Gasteiger partial charge in [0.2, 0.25) is 0 Å². The Morgan fingerprint density at radius 1 is 1.44 bits per heavy atom. The SMILES string of the molecule is COc1ccc(Br)cc1C(N)C1CCCC1(C)C. The molecule has 1 aliphatic rings. The van der Waals surface area contributed by atoms with Crippen molar-refractivity contribution in [3.8, 4) is 5.75 Å². The van der Waals surface area contributed by atoms with E-state index in [0.29, 0.717) is 11.3 Å². The second kappa shape index (κ2) is 5.22. The molecule has 2 unspecified atom stereocenters. The topological polar surface area (TPSA) is 35.2 Å². The summed E-state index contributed by atoms with van der Waals surface area (Å²) in [5.74, 6) is 1.43. The van der Waals surface area contributed by atoms with Gasteiger partial charge in [-0.25, -0.2) is 0 Å². The highest BCUT2D eigenvalue weighted by molar-refractivity contribution is 9.10. The molecule has 100 valence electrons. The third-order valence-corrected chi connectivity index (χ3v) is 4.82. The van der Waals surface area contributed by atoms with Crippen LogP contribution in [-0.2, 0) is 0 Å². The van der Waals surface area contributed by atoms with Gasteiger partial charge in [0.15, 0.2) is 0 Å². The molecule has 1 aromatic rings. The Balaban J connectivity index is 2.33. The van der Waals surface area contributed by atoms with Gasteiger partial charge in [0.05, 0.1) is 7.11 Å². The van der Waals surface area contributed by atoms with E-state index in [1.54, 1.807) is 7.11 Å². The average Bonchev–Trinajstić information content (AvgIpc) is 2.68. The molecule has 1 saturated carbocycles. The summed E-state index contributed by atoms with van der Waals surface area (Å²) >= 11 is 3.52. The Labute approximate surface area is 118 Å². The summed E-state index contributed by atoms with van der Waals surface area (Å²) in [5, 5.41) is 0. The number of hydrogen-bond acceptors (Lipinski definition) is 2. The van der Waals surface area contributed by atoms with Crippen LogP contribution in [0.2, 0.25) is 0 Å². The lowest BCUT2D eigenvalue weighted by Crippen LogP contribution is -2.29. The molecule has 0 radical (unpaired) electrons. The Hall–Kier alpha value is -0.540. The average molecular weight is 312 g/mol. The minimum atomic E-state index is 0.0509. The van der Waals surface area contributed by atoms with Crippen molar-refractivity contribution in [2.75, 3.05) is 7.11 Å². The highest BCUT2D eigenvalue weighted by Crippen LogP contribution is 2.49. The minimum absolute atomic E-state index is 0.0509. The second-order valence-electron chi connectivity index (χ2n) is 5.90. The van der Waals surface area contributed by atoms with Crippen LogP contribution in [0, 0.1) is 11.3 Å². The Kier molecular flexibility index (Phi) is 4.02. The van der Waals surface area contributed by atoms with Gasteiger partial charge in [0.1, 0.15) is 5.75 Å². The first-order valence-corrected chi connectivity index (χ1v) is 7.34. The van der Waals surface area contributed by atoms with Gasteiger partial charge in [0.25, 0.3) is 0 Å². The van der Waals surface area contributed by atoms with Crippen molar-refractivity contribution in [1.82, 2.24) is 0 Å². The van der Waals surface area contributed by atoms with Crippen molar-refractivity contribution in [2.45, 2.75) is 39.2 Å². The largest absolute Gasteiger partial charge is 0.496 e. The van der Waals surface area contributed by atoms with Crippen LogP contribution in [0.3, 0.4) is 0 Å². The molecule has 3 heteroatoms. The van der Waals surface area contributed by atoms with Crippen LogP contribution >= 0.6 is 15.9 Å². The van der Waals surface area contributed by atoms with Gasteiger partial charge in [-0.2, -0.15) is 0 Å². The molecule has 18 heavy (non-hydrogen) atoms. The monoisotopic (exact) mass is 311 g/mol. The molecule has 0 spiro atoms. The van der Waals surface area contributed by atoms with E-state index >= 15 is 0 Å². The van der Waals surface area contributed by atoms with Gasteiger partial charge in [0, 0.05) is 16.1 Å². The number of rotatable bonds is 3. The zero-order valence-electron chi connectivity index (χ0n) is 11.4. The number of nitrogens with two attached hydrogens (primary N) is 1. The van der Waals surface area contributed by atoms with E-state index in [1.807, 2.05) is 12.1 Å². The Bertz CT molecular complexity index is 431. The smallest absolute Gasteiger partial charge is 0.123 e. The lowest BCUT2D eigenvalue weighted by molar-refractivity contribution is 0.219. The van der Waals surface area contributed by atoms with Gasteiger partial charge >= 0.3 is 0 Å². The van der Waals surface area contributed by atoms with Crippen LogP contribution in [0.25, 0.3) is 0 Å². The van der Waals surface area contributed by atoms with Crippen LogP contribution in [0.1, 0.15) is 44.7 Å². The lowest BCUT2D eigenvalue weighted by atomic mass is 9.75. The van der Waals surface area contributed by atoms with Crippen LogP contribution in [0.4, 0.5) is 0 Å². The molecule has 2 nitrogen and oxygen atoms in total. The molecular weight excluding hydrogens is 290 g/mol. The van der Waals surface area contributed by atoms with Crippen LogP contribution in [-0.4, -0.2) is 7.11 Å². The van der Waals surface area contributed by atoms with Crippen molar-refractivity contribution in [1.29, 1.82) is 0 Å². The number of halogens is 1. The molecule has 0 aromatic heterocycles. The maximum atomic E-state index is 6.52. The molecule has 0 heterocycles. The fourth-order valence-corrected chi connectivity index (χ4v) is 3.58. The first-order valence-electron chi connectivity index (χ1n) is 6.55. The summed E-state index contributed by atoms with van der Waals surface area (Å²) in [5.41, 5.74) is 7.96. The molecular formula is C15H22BrNO. The third kappa shape index (κ3) is 2.57. The molecule has 0 bridgehead atoms. The molecule has 0 aliphatic heterocycles. The highest BCUT2D eigenvalue weighted by atomic mass is 79.9. The van der Waals surface area contributed by atoms with E-state index in [4.69, 9.17) is 10.5 Å². The van der Waals surface area contributed by atoms with Crippen molar-refractivity contribution in [3.05, 3.63) is 28.2 Å². The maximum Gasteiger partial charge on any atom is 0.123 e. The molecule has 1 aliphatic carbocycles. The van der Waals surface area contributed by atoms with E-state index < -0.39 is 0 Å². The fourth-order valence-electron chi connectivity index (χ4n) is 3.20. The zero-order chi connectivity index (χ0) is 13.3. The highest BCUT2D eigenvalue weighted by Gasteiger charge is 2.39. The summed E-state index contributed by atoms with van der Waals surface area (Å²) < 4.78 is 6.51. The molecule has 1 fully saturated rings. The van der Waals surface area contributed by atoms with E-state index in [0.717, 1.165) is 15.8 Å². The number of methoxy groups -OCH3 is 1. The minimum Gasteiger partial charge on any atom is -0.496 e. The predicted octanol–water partition coefficient (Wildman–Crippen LogP) is 4.28. The van der Waals surface area contributed by atoms with Gasteiger partial charge in [-0.05, 0) is 42.4 Å². The van der Waals surface area contributed by atoms with Gasteiger partial charge in [-0.3, -0.25) is 0 Å². The molecule has 2 atom stereocenters. The van der Waals surface area contributed by atoms with E-state index in [9.17, 15) is 0 Å². The van der Waals surface area contributed by atoms with E-state index in [2.05, 4.69) is 35.8 Å². The lowest BCUT2D eigenvalue weighted by Gasteiger charge is -2.32. The number of ether oxygens (including phenoxy) is 1. The summed E-state index contributed by atoms with van der Waals surface area (Å²) in [4.78, 5) is 0. The van der Waals surface area contributed by atoms with Gasteiger partial charge in [-0.1, -0.05) is 36.2 Å². The molecule has 2 N–H and O–H groups in total. The normalized spacial score (nSPS) is 23.9. The van der Waals surface area contributed by atoms with Gasteiger partial charge < -0.3 is 10.5 Å². The number of hydrogen-bond donors (Lipinski definition) is 1. The first-order chi connectivity index (χ1) is 8.45. The van der Waals surface area contributed by atoms with Crippen LogP contribution in [0.15, 0.2) is 22.7 Å². The van der Waals surface area contributed by atoms with Crippen molar-refractivity contribution in [2.24, 2.45) is 17.1 Å². The van der Waals surface area contributed by atoms with Crippen LogP contribution in [0.5, 0.6) is 5.75 Å². The summed E-state index contributed by atoms with van der Waals surface area (Å²) in [6.07, 6.45) is 3.76. The van der Waals surface area contributed by atoms with E-state index in [1.165, 1.54) is 19.3 Å². The Morgan fingerprint density at radius 3 is 2.72 bits per heavy atom. The predicted molar refractivity (Wildman–Crippen MR) is 78.7 cm³/mol. The summed E-state index contributed by atoms with van der Waals surface area (Å²) in [7, 11) is 1.71. The van der Waals surface area contributed by atoms with Crippen molar-refractivity contribution in [3.63, 3.8) is 0 Å². The molecule has 0 saturated heterocycles. The van der Waals surface area contributed by atoms with Crippen LogP contribution < -0.4 is 10.5 Å².